The Kier molecular flexibility index (Phi) is 4.25. The fourth-order valence-electron chi connectivity index (χ4n) is 2.72. The number of hydrogen-bond donors (Lipinski definition) is 0. The minimum absolute atomic E-state index is 0.0303. The highest BCUT2D eigenvalue weighted by Crippen LogP contribution is 2.39. The molecule has 0 heterocycles. The van der Waals surface area contributed by atoms with Gasteiger partial charge in [0.25, 0.3) is 0 Å². The highest BCUT2D eigenvalue weighted by Gasteiger charge is 2.40. The Morgan fingerprint density at radius 2 is 2.10 bits per heavy atom. The lowest BCUT2D eigenvalue weighted by molar-refractivity contribution is -0.132. The summed E-state index contributed by atoms with van der Waals surface area (Å²) in [5.74, 6) is -0.709. The number of aryl methyl sites for hydroxylation is 2. The van der Waals surface area contributed by atoms with E-state index in [-0.39, 0.29) is 11.4 Å². The van der Waals surface area contributed by atoms with Crippen LogP contribution in [0.4, 0.5) is 0 Å². The molecule has 0 bridgehead atoms. The molecule has 1 aromatic carbocycles. The Bertz CT molecular complexity index is 547. The van der Waals surface area contributed by atoms with Crippen LogP contribution in [0.5, 0.6) is 0 Å². The number of ketones is 1. The normalized spacial score (nSPS) is 17.9. The fourth-order valence-corrected chi connectivity index (χ4v) is 2.72. The number of nitrogens with zero attached hydrogens (tertiary/aromatic N) is 1. The zero-order valence-corrected chi connectivity index (χ0v) is 12.4. The van der Waals surface area contributed by atoms with Gasteiger partial charge in [-0.3, -0.25) is 4.79 Å². The van der Waals surface area contributed by atoms with Gasteiger partial charge in [-0.05, 0) is 49.8 Å². The Morgan fingerprint density at radius 3 is 2.55 bits per heavy atom. The van der Waals surface area contributed by atoms with Crippen LogP contribution in [0.25, 0.3) is 0 Å². The molecule has 0 aromatic heterocycles. The van der Waals surface area contributed by atoms with Gasteiger partial charge in [0.15, 0.2) is 5.78 Å². The van der Waals surface area contributed by atoms with Gasteiger partial charge in [0, 0.05) is 13.5 Å². The number of carbonyl (C=O) groups excluding carboxylic acids is 1. The van der Waals surface area contributed by atoms with Crippen molar-refractivity contribution in [2.75, 3.05) is 7.11 Å². The highest BCUT2D eigenvalue weighted by molar-refractivity contribution is 5.89. The number of methoxy groups -OCH3 is 1. The average Bonchev–Trinajstić information content (AvgIpc) is 2.39. The lowest BCUT2D eigenvalue weighted by Gasteiger charge is -2.40. The van der Waals surface area contributed by atoms with E-state index in [0.29, 0.717) is 6.42 Å². The zero-order valence-electron chi connectivity index (χ0n) is 12.4. The monoisotopic (exact) mass is 271 g/mol. The third-order valence-corrected chi connectivity index (χ3v) is 4.51. The summed E-state index contributed by atoms with van der Waals surface area (Å²) < 4.78 is 5.49. The molecule has 2 rings (SSSR count). The highest BCUT2D eigenvalue weighted by atomic mass is 16.5. The first kappa shape index (κ1) is 14.7. The predicted molar refractivity (Wildman–Crippen MR) is 77.5 cm³/mol. The molecule has 1 aliphatic rings. The second kappa shape index (κ2) is 5.76. The van der Waals surface area contributed by atoms with Crippen LogP contribution in [0.1, 0.15) is 48.3 Å². The quantitative estimate of drug-likeness (QED) is 0.824. The first-order chi connectivity index (χ1) is 9.51. The molecule has 3 nitrogen and oxygen atoms in total. The lowest BCUT2D eigenvalue weighted by Crippen LogP contribution is -2.42. The van der Waals surface area contributed by atoms with Crippen molar-refractivity contribution in [1.82, 2.24) is 0 Å². The predicted octanol–water partition coefficient (Wildman–Crippen LogP) is 3.44. The molecule has 1 fully saturated rings. The van der Waals surface area contributed by atoms with Crippen molar-refractivity contribution in [1.29, 1.82) is 5.26 Å². The zero-order chi connectivity index (χ0) is 14.8. The van der Waals surface area contributed by atoms with Crippen molar-refractivity contribution in [2.24, 2.45) is 0 Å². The molecule has 0 amide bonds. The Labute approximate surface area is 120 Å². The first-order valence-corrected chi connectivity index (χ1v) is 7.06. The molecule has 0 spiro atoms. The average molecular weight is 271 g/mol. The molecule has 1 unspecified atom stereocenters. The van der Waals surface area contributed by atoms with Gasteiger partial charge in [-0.1, -0.05) is 18.2 Å². The van der Waals surface area contributed by atoms with Gasteiger partial charge in [-0.25, -0.2) is 0 Å². The lowest BCUT2D eigenvalue weighted by atomic mass is 9.74. The van der Waals surface area contributed by atoms with E-state index in [9.17, 15) is 10.1 Å². The second-order valence-electron chi connectivity index (χ2n) is 5.79. The molecule has 1 aliphatic carbocycles. The molecule has 3 heteroatoms. The second-order valence-corrected chi connectivity index (χ2v) is 5.79. The van der Waals surface area contributed by atoms with E-state index >= 15 is 0 Å². The van der Waals surface area contributed by atoms with Gasteiger partial charge in [-0.2, -0.15) is 5.26 Å². The molecule has 1 atom stereocenters. The molecule has 106 valence electrons. The van der Waals surface area contributed by atoms with Gasteiger partial charge >= 0.3 is 0 Å². The third kappa shape index (κ3) is 2.76. The van der Waals surface area contributed by atoms with E-state index < -0.39 is 5.92 Å². The van der Waals surface area contributed by atoms with Crippen LogP contribution in [0.15, 0.2) is 18.2 Å². The molecule has 0 aliphatic heterocycles. The summed E-state index contributed by atoms with van der Waals surface area (Å²) in [7, 11) is 1.66. The van der Waals surface area contributed by atoms with Gasteiger partial charge < -0.3 is 4.74 Å². The van der Waals surface area contributed by atoms with Crippen molar-refractivity contribution in [3.05, 3.63) is 34.9 Å². The summed E-state index contributed by atoms with van der Waals surface area (Å²) in [4.78, 5) is 12.4. The molecular formula is C17H21NO2. The Hall–Kier alpha value is -1.66. The van der Waals surface area contributed by atoms with Crippen molar-refractivity contribution in [3.63, 3.8) is 0 Å². The number of Topliss-reactive ketones (excluding diaryl/α,β-unsaturated/α-hetero) is 1. The summed E-state index contributed by atoms with van der Waals surface area (Å²) >= 11 is 0. The van der Waals surface area contributed by atoms with Crippen molar-refractivity contribution < 1.29 is 9.53 Å². The summed E-state index contributed by atoms with van der Waals surface area (Å²) in [5.41, 5.74) is 2.77. The summed E-state index contributed by atoms with van der Waals surface area (Å²) in [6, 6.07) is 7.95. The maximum Gasteiger partial charge on any atom is 0.157 e. The van der Waals surface area contributed by atoms with Crippen molar-refractivity contribution >= 4 is 5.78 Å². The molecule has 1 aromatic rings. The maximum atomic E-state index is 12.4. The third-order valence-electron chi connectivity index (χ3n) is 4.51. The number of benzene rings is 1. The van der Waals surface area contributed by atoms with Crippen LogP contribution >= 0.6 is 0 Å². The largest absolute Gasteiger partial charge is 0.378 e. The minimum Gasteiger partial charge on any atom is -0.378 e. The van der Waals surface area contributed by atoms with Crippen molar-refractivity contribution in [2.45, 2.75) is 51.0 Å². The van der Waals surface area contributed by atoms with Crippen LogP contribution in [-0.4, -0.2) is 18.5 Å². The summed E-state index contributed by atoms with van der Waals surface area (Å²) in [6.07, 6.45) is 3.28. The number of hydrogen-bond acceptors (Lipinski definition) is 3. The first-order valence-electron chi connectivity index (χ1n) is 7.06. The van der Waals surface area contributed by atoms with Gasteiger partial charge in [0.05, 0.1) is 11.7 Å². The van der Waals surface area contributed by atoms with Crippen molar-refractivity contribution in [3.8, 4) is 6.07 Å². The van der Waals surface area contributed by atoms with Gasteiger partial charge in [-0.15, -0.1) is 0 Å². The summed E-state index contributed by atoms with van der Waals surface area (Å²) in [5, 5.41) is 9.36. The van der Waals surface area contributed by atoms with Gasteiger partial charge in [0.1, 0.15) is 5.92 Å². The van der Waals surface area contributed by atoms with Crippen LogP contribution in [0.2, 0.25) is 0 Å². The standard InChI is InChI=1S/C17H21NO2/c1-12-5-6-14(9-13(12)2)15(11-18)16(19)10-17(20-3)7-4-8-17/h5-6,9,15H,4,7-8,10H2,1-3H3. The number of carbonyl (C=O) groups is 1. The molecule has 1 saturated carbocycles. The van der Waals surface area contributed by atoms with Crippen LogP contribution < -0.4 is 0 Å². The summed E-state index contributed by atoms with van der Waals surface area (Å²) in [6.45, 7) is 4.02. The molecule has 20 heavy (non-hydrogen) atoms. The number of rotatable bonds is 5. The fraction of sp³-hybridized carbons (Fsp3) is 0.529. The molecule has 0 saturated heterocycles. The van der Waals surface area contributed by atoms with E-state index in [4.69, 9.17) is 4.74 Å². The topological polar surface area (TPSA) is 50.1 Å². The van der Waals surface area contributed by atoms with E-state index in [0.717, 1.165) is 30.4 Å². The SMILES string of the molecule is COC1(CC(=O)C(C#N)c2ccc(C)c(C)c2)CCC1. The molecular weight excluding hydrogens is 250 g/mol. The van der Waals surface area contributed by atoms with Crippen LogP contribution in [0, 0.1) is 25.2 Å². The number of nitriles is 1. The smallest absolute Gasteiger partial charge is 0.157 e. The molecule has 0 radical (unpaired) electrons. The molecule has 0 N–H and O–H groups in total. The van der Waals surface area contributed by atoms with Gasteiger partial charge in [0.2, 0.25) is 0 Å². The Morgan fingerprint density at radius 1 is 1.40 bits per heavy atom. The van der Waals surface area contributed by atoms with E-state index in [2.05, 4.69) is 6.07 Å². The maximum absolute atomic E-state index is 12.4. The number of ether oxygens (including phenoxy) is 1. The van der Waals surface area contributed by atoms with E-state index in [1.165, 1.54) is 5.56 Å². The van der Waals surface area contributed by atoms with E-state index in [1.807, 2.05) is 32.0 Å². The van der Waals surface area contributed by atoms with E-state index in [1.54, 1.807) is 7.11 Å². The minimum atomic E-state index is -0.679. The van der Waals surface area contributed by atoms with Crippen LogP contribution in [-0.2, 0) is 9.53 Å². The Balaban J connectivity index is 2.17. The van der Waals surface area contributed by atoms with Crippen LogP contribution in [0.3, 0.4) is 0 Å².